The molecule has 1 saturated carbocycles. The quantitative estimate of drug-likeness (QED) is 0.868. The number of para-hydroxylation sites is 1. The second-order valence-electron chi connectivity index (χ2n) is 6.36. The van der Waals surface area contributed by atoms with Crippen molar-refractivity contribution in [3.05, 3.63) is 24.3 Å². The number of aliphatic hydroxyl groups is 1. The van der Waals surface area contributed by atoms with E-state index in [2.05, 4.69) is 27.2 Å². The lowest BCUT2D eigenvalue weighted by atomic mass is 10.2. The van der Waals surface area contributed by atoms with Gasteiger partial charge < -0.3 is 15.3 Å². The molecule has 2 fully saturated rings. The molecule has 0 amide bonds. The molecule has 1 saturated heterocycles. The van der Waals surface area contributed by atoms with E-state index in [0.717, 1.165) is 55.4 Å². The number of β-amino-alcohol motifs (C(OH)–C–C–N with tert-alkyl or cyclic N) is 1. The topological polar surface area (TPSA) is 64.5 Å². The predicted octanol–water partition coefficient (Wildman–Crippen LogP) is 1.32. The molecule has 1 aromatic heterocycles. The minimum Gasteiger partial charge on any atom is -0.395 e. The van der Waals surface area contributed by atoms with Gasteiger partial charge in [-0.2, -0.15) is 4.98 Å². The molecule has 2 N–H and O–H groups in total. The van der Waals surface area contributed by atoms with Crippen molar-refractivity contribution in [3.8, 4) is 0 Å². The molecule has 23 heavy (non-hydrogen) atoms. The first kappa shape index (κ1) is 14.7. The molecule has 2 heterocycles. The molecular formula is C17H23N5O. The third-order valence-corrected chi connectivity index (χ3v) is 4.58. The molecule has 1 aliphatic heterocycles. The monoisotopic (exact) mass is 313 g/mol. The number of fused-ring (bicyclic) bond motifs is 1. The number of piperazine rings is 1. The van der Waals surface area contributed by atoms with E-state index in [-0.39, 0.29) is 6.61 Å². The van der Waals surface area contributed by atoms with E-state index in [1.807, 2.05) is 12.1 Å². The highest BCUT2D eigenvalue weighted by Gasteiger charge is 2.24. The van der Waals surface area contributed by atoms with E-state index >= 15 is 0 Å². The summed E-state index contributed by atoms with van der Waals surface area (Å²) < 4.78 is 0. The van der Waals surface area contributed by atoms with E-state index in [0.29, 0.717) is 6.04 Å². The van der Waals surface area contributed by atoms with E-state index in [1.165, 1.54) is 12.8 Å². The lowest BCUT2D eigenvalue weighted by Crippen LogP contribution is -2.47. The fraction of sp³-hybridized carbons (Fsp3) is 0.529. The SMILES string of the molecule is OCCN1CCN(c2nc(NC3CC3)c3ccccc3n2)CC1. The Bertz CT molecular complexity index is 680. The van der Waals surface area contributed by atoms with Crippen molar-refractivity contribution in [1.82, 2.24) is 14.9 Å². The minimum atomic E-state index is 0.224. The van der Waals surface area contributed by atoms with Crippen LogP contribution < -0.4 is 10.2 Å². The molecular weight excluding hydrogens is 290 g/mol. The molecule has 0 bridgehead atoms. The van der Waals surface area contributed by atoms with Crippen LogP contribution in [0.4, 0.5) is 11.8 Å². The fourth-order valence-corrected chi connectivity index (χ4v) is 3.05. The Kier molecular flexibility index (Phi) is 4.01. The van der Waals surface area contributed by atoms with Crippen molar-refractivity contribution >= 4 is 22.7 Å². The van der Waals surface area contributed by atoms with Gasteiger partial charge in [0.25, 0.3) is 0 Å². The number of aromatic nitrogens is 2. The Hall–Kier alpha value is -1.92. The Morgan fingerprint density at radius 3 is 2.61 bits per heavy atom. The van der Waals surface area contributed by atoms with Crippen molar-refractivity contribution in [1.29, 1.82) is 0 Å². The van der Waals surface area contributed by atoms with E-state index in [1.54, 1.807) is 0 Å². The van der Waals surface area contributed by atoms with Crippen LogP contribution in [0.5, 0.6) is 0 Å². The van der Waals surface area contributed by atoms with Crippen molar-refractivity contribution in [2.24, 2.45) is 0 Å². The summed E-state index contributed by atoms with van der Waals surface area (Å²) in [5, 5.41) is 13.7. The van der Waals surface area contributed by atoms with E-state index in [9.17, 15) is 0 Å². The van der Waals surface area contributed by atoms with Gasteiger partial charge in [-0.05, 0) is 25.0 Å². The maximum atomic E-state index is 9.06. The fourth-order valence-electron chi connectivity index (χ4n) is 3.05. The Morgan fingerprint density at radius 2 is 1.87 bits per heavy atom. The molecule has 0 spiro atoms. The third-order valence-electron chi connectivity index (χ3n) is 4.58. The summed E-state index contributed by atoms with van der Waals surface area (Å²) in [6.45, 7) is 4.68. The number of benzene rings is 1. The largest absolute Gasteiger partial charge is 0.395 e. The highest BCUT2D eigenvalue weighted by molar-refractivity contribution is 5.90. The van der Waals surface area contributed by atoms with Crippen LogP contribution in [0, 0.1) is 0 Å². The Balaban J connectivity index is 1.59. The summed E-state index contributed by atoms with van der Waals surface area (Å²) in [7, 11) is 0. The zero-order valence-electron chi connectivity index (χ0n) is 13.3. The van der Waals surface area contributed by atoms with Crippen LogP contribution in [-0.4, -0.2) is 65.3 Å². The minimum absolute atomic E-state index is 0.224. The maximum Gasteiger partial charge on any atom is 0.227 e. The van der Waals surface area contributed by atoms with Crippen LogP contribution in [-0.2, 0) is 0 Å². The van der Waals surface area contributed by atoms with Crippen LogP contribution in [0.1, 0.15) is 12.8 Å². The first-order valence-corrected chi connectivity index (χ1v) is 8.45. The smallest absolute Gasteiger partial charge is 0.227 e. The molecule has 122 valence electrons. The average molecular weight is 313 g/mol. The first-order chi connectivity index (χ1) is 11.3. The summed E-state index contributed by atoms with van der Waals surface area (Å²) in [6.07, 6.45) is 2.46. The molecule has 1 aliphatic carbocycles. The molecule has 0 atom stereocenters. The lowest BCUT2D eigenvalue weighted by molar-refractivity contribution is 0.188. The van der Waals surface area contributed by atoms with Gasteiger partial charge in [-0.3, -0.25) is 4.90 Å². The zero-order valence-corrected chi connectivity index (χ0v) is 13.3. The van der Waals surface area contributed by atoms with Gasteiger partial charge in [0.1, 0.15) is 5.82 Å². The standard InChI is InChI=1S/C17H23N5O/c23-12-11-21-7-9-22(10-8-21)17-19-15-4-2-1-3-14(15)16(20-17)18-13-5-6-13/h1-4,13,23H,5-12H2,(H,18,19,20). The molecule has 6 nitrogen and oxygen atoms in total. The molecule has 2 aliphatic rings. The van der Waals surface area contributed by atoms with Crippen molar-refractivity contribution < 1.29 is 5.11 Å². The summed E-state index contributed by atoms with van der Waals surface area (Å²) in [5.41, 5.74) is 0.999. The van der Waals surface area contributed by atoms with Gasteiger partial charge in [0.15, 0.2) is 0 Å². The number of anilines is 2. The van der Waals surface area contributed by atoms with Crippen LogP contribution in [0.3, 0.4) is 0 Å². The highest BCUT2D eigenvalue weighted by atomic mass is 16.3. The van der Waals surface area contributed by atoms with Gasteiger partial charge in [-0.25, -0.2) is 4.98 Å². The lowest BCUT2D eigenvalue weighted by Gasteiger charge is -2.34. The molecule has 6 heteroatoms. The molecule has 4 rings (SSSR count). The van der Waals surface area contributed by atoms with Gasteiger partial charge in [-0.1, -0.05) is 12.1 Å². The molecule has 0 unspecified atom stereocenters. The molecule has 1 aromatic carbocycles. The van der Waals surface area contributed by atoms with E-state index < -0.39 is 0 Å². The second kappa shape index (κ2) is 6.29. The first-order valence-electron chi connectivity index (χ1n) is 8.45. The van der Waals surface area contributed by atoms with Crippen molar-refractivity contribution in [3.63, 3.8) is 0 Å². The number of nitrogens with one attached hydrogen (secondary N) is 1. The summed E-state index contributed by atoms with van der Waals surface area (Å²) in [5.74, 6) is 1.78. The summed E-state index contributed by atoms with van der Waals surface area (Å²) in [4.78, 5) is 14.1. The number of aliphatic hydroxyl groups excluding tert-OH is 1. The normalized spacial score (nSPS) is 19.3. The number of hydrogen-bond donors (Lipinski definition) is 2. The maximum absolute atomic E-state index is 9.06. The van der Waals surface area contributed by atoms with Crippen LogP contribution in [0.2, 0.25) is 0 Å². The third kappa shape index (κ3) is 3.23. The average Bonchev–Trinajstić information content (AvgIpc) is 3.40. The summed E-state index contributed by atoms with van der Waals surface area (Å²) in [6, 6.07) is 8.78. The summed E-state index contributed by atoms with van der Waals surface area (Å²) >= 11 is 0. The highest BCUT2D eigenvalue weighted by Crippen LogP contribution is 2.29. The second-order valence-corrected chi connectivity index (χ2v) is 6.36. The van der Waals surface area contributed by atoms with Gasteiger partial charge >= 0.3 is 0 Å². The molecule has 2 aromatic rings. The van der Waals surface area contributed by atoms with Crippen molar-refractivity contribution in [2.75, 3.05) is 49.5 Å². The van der Waals surface area contributed by atoms with Crippen LogP contribution in [0.25, 0.3) is 10.9 Å². The Labute approximate surface area is 136 Å². The number of nitrogens with zero attached hydrogens (tertiary/aromatic N) is 4. The molecule has 0 radical (unpaired) electrons. The van der Waals surface area contributed by atoms with E-state index in [4.69, 9.17) is 15.1 Å². The number of hydrogen-bond acceptors (Lipinski definition) is 6. The van der Waals surface area contributed by atoms with Gasteiger partial charge in [0, 0.05) is 44.2 Å². The van der Waals surface area contributed by atoms with Crippen molar-refractivity contribution in [2.45, 2.75) is 18.9 Å². The van der Waals surface area contributed by atoms with Gasteiger partial charge in [0.05, 0.1) is 12.1 Å². The van der Waals surface area contributed by atoms with Crippen LogP contribution >= 0.6 is 0 Å². The zero-order chi connectivity index (χ0) is 15.6. The predicted molar refractivity (Wildman–Crippen MR) is 91.9 cm³/mol. The van der Waals surface area contributed by atoms with Gasteiger partial charge in [0.2, 0.25) is 5.95 Å². The number of rotatable bonds is 5. The van der Waals surface area contributed by atoms with Crippen LogP contribution in [0.15, 0.2) is 24.3 Å². The van der Waals surface area contributed by atoms with Gasteiger partial charge in [-0.15, -0.1) is 0 Å². The Morgan fingerprint density at radius 1 is 1.09 bits per heavy atom.